The molecular weight excluding hydrogens is 242 g/mol. The van der Waals surface area contributed by atoms with Crippen molar-refractivity contribution in [3.05, 3.63) is 11.6 Å². The number of piperidine rings is 1. The Bertz CT molecular complexity index is 323. The van der Waals surface area contributed by atoms with Crippen molar-refractivity contribution in [2.45, 2.75) is 39.5 Å². The lowest BCUT2D eigenvalue weighted by Gasteiger charge is -2.41. The maximum atomic E-state index is 12.1. The maximum absolute atomic E-state index is 12.1. The molecule has 4 nitrogen and oxygen atoms in total. The number of carbonyl (C=O) groups is 1. The molecule has 1 aliphatic rings. The smallest absolute Gasteiger partial charge is 0.246 e. The van der Waals surface area contributed by atoms with Crippen molar-refractivity contribution in [2.24, 2.45) is 5.41 Å². The van der Waals surface area contributed by atoms with Gasteiger partial charge in [-0.25, -0.2) is 0 Å². The summed E-state index contributed by atoms with van der Waals surface area (Å²) in [6.07, 6.45) is 5.49. The van der Waals surface area contributed by atoms with Crippen molar-refractivity contribution in [3.63, 3.8) is 0 Å². The molecule has 1 fully saturated rings. The molecule has 1 amide bonds. The molecule has 0 aromatic carbocycles. The summed E-state index contributed by atoms with van der Waals surface area (Å²) in [5.74, 6) is 0.0734. The average Bonchev–Trinajstić information content (AvgIpc) is 2.38. The van der Waals surface area contributed by atoms with Crippen molar-refractivity contribution in [3.8, 4) is 0 Å². The summed E-state index contributed by atoms with van der Waals surface area (Å²) in [7, 11) is 1.69. The lowest BCUT2D eigenvalue weighted by atomic mass is 9.77. The van der Waals surface area contributed by atoms with Crippen LogP contribution in [0.4, 0.5) is 0 Å². The van der Waals surface area contributed by atoms with E-state index in [4.69, 9.17) is 4.74 Å². The summed E-state index contributed by atoms with van der Waals surface area (Å²) < 4.78 is 5.08. The predicted octanol–water partition coefficient (Wildman–Crippen LogP) is 1.98. The van der Waals surface area contributed by atoms with Crippen LogP contribution in [0, 0.1) is 5.41 Å². The van der Waals surface area contributed by atoms with Crippen molar-refractivity contribution in [1.82, 2.24) is 4.90 Å². The largest absolute Gasteiger partial charge is 0.396 e. The Morgan fingerprint density at radius 1 is 1.47 bits per heavy atom. The number of amides is 1. The third-order valence-electron chi connectivity index (χ3n) is 3.78. The molecule has 0 unspecified atom stereocenters. The fourth-order valence-corrected chi connectivity index (χ4v) is 2.74. The van der Waals surface area contributed by atoms with Gasteiger partial charge in [0.2, 0.25) is 5.91 Å². The van der Waals surface area contributed by atoms with Crippen LogP contribution in [0.3, 0.4) is 0 Å². The Kier molecular flexibility index (Phi) is 6.52. The van der Waals surface area contributed by atoms with Crippen molar-refractivity contribution in [1.29, 1.82) is 0 Å². The van der Waals surface area contributed by atoms with E-state index in [0.717, 1.165) is 37.8 Å². The molecule has 110 valence electrons. The van der Waals surface area contributed by atoms with E-state index < -0.39 is 0 Å². The number of nitrogens with zero attached hydrogens (tertiary/aromatic N) is 1. The first-order chi connectivity index (χ1) is 9.03. The molecule has 1 aliphatic heterocycles. The highest BCUT2D eigenvalue weighted by Crippen LogP contribution is 2.34. The van der Waals surface area contributed by atoms with Crippen molar-refractivity contribution >= 4 is 5.91 Å². The highest BCUT2D eigenvalue weighted by atomic mass is 16.5. The highest BCUT2D eigenvalue weighted by molar-refractivity contribution is 5.88. The first kappa shape index (κ1) is 16.2. The third kappa shape index (κ3) is 4.96. The number of methoxy groups -OCH3 is 1. The van der Waals surface area contributed by atoms with Gasteiger partial charge in [0.05, 0.1) is 6.61 Å². The quantitative estimate of drug-likeness (QED) is 0.592. The molecule has 0 bridgehead atoms. The summed E-state index contributed by atoms with van der Waals surface area (Å²) in [4.78, 5) is 14.0. The molecule has 1 heterocycles. The lowest BCUT2D eigenvalue weighted by Crippen LogP contribution is -2.47. The third-order valence-corrected chi connectivity index (χ3v) is 3.78. The van der Waals surface area contributed by atoms with Crippen LogP contribution in [0.25, 0.3) is 0 Å². The number of allylic oxidation sites excluding steroid dienone is 1. The number of rotatable bonds is 6. The molecule has 0 aromatic heterocycles. The Morgan fingerprint density at radius 2 is 2.21 bits per heavy atom. The van der Waals surface area contributed by atoms with Crippen LogP contribution < -0.4 is 0 Å². The SMILES string of the molecule is COCCC[C@]1(CO)CCCN(C(=O)C=C(C)C)C1. The maximum Gasteiger partial charge on any atom is 0.246 e. The van der Waals surface area contributed by atoms with E-state index in [1.165, 1.54) is 0 Å². The Balaban J connectivity index is 2.64. The number of ether oxygens (including phenoxy) is 1. The van der Waals surface area contributed by atoms with E-state index in [0.29, 0.717) is 13.2 Å². The van der Waals surface area contributed by atoms with Crippen LogP contribution in [0.2, 0.25) is 0 Å². The molecule has 1 saturated heterocycles. The van der Waals surface area contributed by atoms with Gasteiger partial charge in [-0.15, -0.1) is 0 Å². The number of carbonyl (C=O) groups excluding carboxylic acids is 1. The summed E-state index contributed by atoms with van der Waals surface area (Å²) in [6, 6.07) is 0. The minimum Gasteiger partial charge on any atom is -0.396 e. The van der Waals surface area contributed by atoms with Crippen molar-refractivity contribution < 1.29 is 14.6 Å². The first-order valence-electron chi connectivity index (χ1n) is 7.06. The highest BCUT2D eigenvalue weighted by Gasteiger charge is 2.35. The van der Waals surface area contributed by atoms with E-state index in [1.807, 2.05) is 18.7 Å². The van der Waals surface area contributed by atoms with E-state index in [-0.39, 0.29) is 17.9 Å². The van der Waals surface area contributed by atoms with Gasteiger partial charge in [-0.2, -0.15) is 0 Å². The van der Waals surface area contributed by atoms with E-state index >= 15 is 0 Å². The van der Waals surface area contributed by atoms with E-state index in [9.17, 15) is 9.90 Å². The van der Waals surface area contributed by atoms with Gasteiger partial charge in [0.25, 0.3) is 0 Å². The van der Waals surface area contributed by atoms with Gasteiger partial charge >= 0.3 is 0 Å². The molecule has 19 heavy (non-hydrogen) atoms. The normalized spacial score (nSPS) is 23.3. The van der Waals surface area contributed by atoms with Gasteiger partial charge in [-0.3, -0.25) is 4.79 Å². The average molecular weight is 269 g/mol. The first-order valence-corrected chi connectivity index (χ1v) is 7.06. The minimum atomic E-state index is -0.137. The van der Waals surface area contributed by atoms with Crippen LogP contribution in [-0.4, -0.2) is 49.3 Å². The van der Waals surface area contributed by atoms with Gasteiger partial charge < -0.3 is 14.7 Å². The molecule has 0 aliphatic carbocycles. The molecule has 0 saturated carbocycles. The number of hydrogen-bond donors (Lipinski definition) is 1. The van der Waals surface area contributed by atoms with Crippen LogP contribution in [0.1, 0.15) is 39.5 Å². The minimum absolute atomic E-state index is 0.0734. The van der Waals surface area contributed by atoms with E-state index in [1.54, 1.807) is 13.2 Å². The second kappa shape index (κ2) is 7.65. The number of aliphatic hydroxyl groups is 1. The number of aliphatic hydroxyl groups excluding tert-OH is 1. The van der Waals surface area contributed by atoms with Crippen molar-refractivity contribution in [2.75, 3.05) is 33.4 Å². The lowest BCUT2D eigenvalue weighted by molar-refractivity contribution is -0.130. The number of hydrogen-bond acceptors (Lipinski definition) is 3. The molecule has 0 aromatic rings. The zero-order chi connectivity index (χ0) is 14.3. The zero-order valence-corrected chi connectivity index (χ0v) is 12.4. The molecule has 0 spiro atoms. The zero-order valence-electron chi connectivity index (χ0n) is 12.4. The van der Waals surface area contributed by atoms with Gasteiger partial charge in [-0.1, -0.05) is 5.57 Å². The predicted molar refractivity (Wildman–Crippen MR) is 75.9 cm³/mol. The van der Waals surface area contributed by atoms with Gasteiger partial charge in [0.15, 0.2) is 0 Å². The second-order valence-corrected chi connectivity index (χ2v) is 5.84. The number of likely N-dealkylation sites (tertiary alicyclic amines) is 1. The molecular formula is C15H27NO3. The topological polar surface area (TPSA) is 49.8 Å². The van der Waals surface area contributed by atoms with E-state index in [2.05, 4.69) is 0 Å². The monoisotopic (exact) mass is 269 g/mol. The Hall–Kier alpha value is -0.870. The van der Waals surface area contributed by atoms with Gasteiger partial charge in [-0.05, 0) is 39.5 Å². The molecule has 4 heteroatoms. The summed E-state index contributed by atoms with van der Waals surface area (Å²) >= 11 is 0. The Morgan fingerprint density at radius 3 is 2.79 bits per heavy atom. The summed E-state index contributed by atoms with van der Waals surface area (Å²) in [6.45, 7) is 6.18. The van der Waals surface area contributed by atoms with Gasteiger partial charge in [0, 0.05) is 38.3 Å². The second-order valence-electron chi connectivity index (χ2n) is 5.84. The summed E-state index contributed by atoms with van der Waals surface area (Å²) in [5.41, 5.74) is 0.881. The van der Waals surface area contributed by atoms with Gasteiger partial charge in [0.1, 0.15) is 0 Å². The molecule has 1 atom stereocenters. The Labute approximate surface area is 116 Å². The molecule has 1 rings (SSSR count). The van der Waals surface area contributed by atoms with Crippen LogP contribution >= 0.6 is 0 Å². The molecule has 0 radical (unpaired) electrons. The van der Waals surface area contributed by atoms with Crippen LogP contribution in [0.15, 0.2) is 11.6 Å². The summed E-state index contributed by atoms with van der Waals surface area (Å²) in [5, 5.41) is 9.73. The molecule has 1 N–H and O–H groups in total. The fraction of sp³-hybridized carbons (Fsp3) is 0.800. The van der Waals surface area contributed by atoms with Crippen LogP contribution in [-0.2, 0) is 9.53 Å². The standard InChI is InChI=1S/C15H27NO3/c1-13(2)10-14(18)16-8-4-6-15(11-16,12-17)7-5-9-19-3/h10,17H,4-9,11-12H2,1-3H3/t15-/m1/s1. The fourth-order valence-electron chi connectivity index (χ4n) is 2.74. The van der Waals surface area contributed by atoms with Crippen LogP contribution in [0.5, 0.6) is 0 Å².